The van der Waals surface area contributed by atoms with Crippen LogP contribution in [0.2, 0.25) is 0 Å². The fourth-order valence-corrected chi connectivity index (χ4v) is 2.07. The Labute approximate surface area is 93.4 Å². The average Bonchev–Trinajstić information content (AvgIpc) is 2.60. The minimum atomic E-state index is -0.698. The predicted octanol–water partition coefficient (Wildman–Crippen LogP) is -0.0244. The van der Waals surface area contributed by atoms with Gasteiger partial charge < -0.3 is 15.6 Å². The number of amides is 1. The van der Waals surface area contributed by atoms with Crippen LogP contribution in [0.15, 0.2) is 17.6 Å². The normalized spacial score (nSPS) is 14.9. The molecule has 3 N–H and O–H groups in total. The molecule has 6 heteroatoms. The lowest BCUT2D eigenvalue weighted by Crippen LogP contribution is -2.53. The minimum Gasteiger partial charge on any atom is -0.368 e. The van der Waals surface area contributed by atoms with Gasteiger partial charge in [0.15, 0.2) is 5.16 Å². The third-order valence-corrected chi connectivity index (χ3v) is 3.74. The largest absolute Gasteiger partial charge is 0.368 e. The molecule has 0 aromatic carbocycles. The van der Waals surface area contributed by atoms with Gasteiger partial charge in [0.05, 0.1) is 0 Å². The van der Waals surface area contributed by atoms with Gasteiger partial charge in [0.2, 0.25) is 5.91 Å². The fraction of sp³-hybridized carbons (Fsp3) is 0.556. The van der Waals surface area contributed by atoms with E-state index >= 15 is 0 Å². The Morgan fingerprint density at radius 1 is 1.80 bits per heavy atom. The van der Waals surface area contributed by atoms with Gasteiger partial charge in [-0.25, -0.2) is 4.98 Å². The molecular formula is C9H16N4OS. The van der Waals surface area contributed by atoms with Crippen LogP contribution < -0.4 is 11.1 Å². The van der Waals surface area contributed by atoms with Crippen molar-refractivity contribution in [2.24, 2.45) is 12.8 Å². The first kappa shape index (κ1) is 12.1. The Hall–Kier alpha value is -1.01. The van der Waals surface area contributed by atoms with Gasteiger partial charge >= 0.3 is 0 Å². The molecule has 1 amide bonds. The Kier molecular flexibility index (Phi) is 3.76. The third-order valence-electron chi connectivity index (χ3n) is 2.36. The summed E-state index contributed by atoms with van der Waals surface area (Å²) in [4.78, 5) is 15.4. The Bertz CT molecular complexity index is 352. The Balaban J connectivity index is 2.63. The highest BCUT2D eigenvalue weighted by molar-refractivity contribution is 7.99. The monoisotopic (exact) mass is 228 g/mol. The van der Waals surface area contributed by atoms with Crippen LogP contribution in [0.5, 0.6) is 0 Å². The van der Waals surface area contributed by atoms with E-state index in [0.29, 0.717) is 5.75 Å². The summed E-state index contributed by atoms with van der Waals surface area (Å²) >= 11 is 1.50. The molecule has 0 saturated carbocycles. The second-order valence-electron chi connectivity index (χ2n) is 3.56. The van der Waals surface area contributed by atoms with E-state index in [0.717, 1.165) is 5.16 Å². The molecule has 1 rings (SSSR count). The number of hydrogen-bond donors (Lipinski definition) is 2. The number of nitrogens with zero attached hydrogens (tertiary/aromatic N) is 2. The maximum absolute atomic E-state index is 11.2. The second kappa shape index (κ2) is 4.67. The molecule has 0 aliphatic heterocycles. The number of hydrogen-bond acceptors (Lipinski definition) is 4. The average molecular weight is 228 g/mol. The third kappa shape index (κ3) is 2.73. The van der Waals surface area contributed by atoms with E-state index in [4.69, 9.17) is 5.73 Å². The lowest BCUT2D eigenvalue weighted by Gasteiger charge is -2.24. The van der Waals surface area contributed by atoms with Crippen molar-refractivity contribution < 1.29 is 4.79 Å². The maximum Gasteiger partial charge on any atom is 0.238 e. The number of carbonyl (C=O) groups is 1. The summed E-state index contributed by atoms with van der Waals surface area (Å²) in [6.07, 6.45) is 3.59. The van der Waals surface area contributed by atoms with E-state index in [1.807, 2.05) is 17.8 Å². The molecular weight excluding hydrogens is 212 g/mol. The van der Waals surface area contributed by atoms with Crippen LogP contribution in [0.25, 0.3) is 0 Å². The molecule has 15 heavy (non-hydrogen) atoms. The summed E-state index contributed by atoms with van der Waals surface area (Å²) in [5, 5.41) is 3.80. The first-order valence-corrected chi connectivity index (χ1v) is 5.57. The SMILES string of the molecule is CNC(C)(CSc1nccn1C)C(N)=O. The number of aryl methyl sites for hydroxylation is 1. The first-order valence-electron chi connectivity index (χ1n) is 4.58. The zero-order chi connectivity index (χ0) is 11.5. The summed E-state index contributed by atoms with van der Waals surface area (Å²) in [5.41, 5.74) is 4.62. The number of primary amides is 1. The van der Waals surface area contributed by atoms with Crippen molar-refractivity contribution in [3.8, 4) is 0 Å². The van der Waals surface area contributed by atoms with Gasteiger partial charge in [0, 0.05) is 25.2 Å². The van der Waals surface area contributed by atoms with E-state index in [9.17, 15) is 4.79 Å². The molecule has 0 bridgehead atoms. The number of imidazole rings is 1. The number of likely N-dealkylation sites (N-methyl/N-ethyl adjacent to an activating group) is 1. The summed E-state index contributed by atoms with van der Waals surface area (Å²) in [6.45, 7) is 1.78. The van der Waals surface area contributed by atoms with Crippen LogP contribution in [-0.4, -0.2) is 33.8 Å². The predicted molar refractivity (Wildman–Crippen MR) is 60.6 cm³/mol. The zero-order valence-electron chi connectivity index (χ0n) is 9.15. The highest BCUT2D eigenvalue weighted by Crippen LogP contribution is 2.20. The highest BCUT2D eigenvalue weighted by Gasteiger charge is 2.29. The van der Waals surface area contributed by atoms with E-state index in [-0.39, 0.29) is 5.91 Å². The van der Waals surface area contributed by atoms with Crippen LogP contribution in [0.3, 0.4) is 0 Å². The number of nitrogens with one attached hydrogen (secondary N) is 1. The van der Waals surface area contributed by atoms with Gasteiger partial charge in [-0.05, 0) is 14.0 Å². The molecule has 1 atom stereocenters. The molecule has 1 heterocycles. The van der Waals surface area contributed by atoms with Gasteiger partial charge in [0.1, 0.15) is 5.54 Å². The van der Waals surface area contributed by atoms with Crippen molar-refractivity contribution in [3.63, 3.8) is 0 Å². The number of thioether (sulfide) groups is 1. The number of nitrogens with two attached hydrogens (primary N) is 1. The van der Waals surface area contributed by atoms with Crippen molar-refractivity contribution in [2.45, 2.75) is 17.6 Å². The molecule has 5 nitrogen and oxygen atoms in total. The fourth-order valence-electron chi connectivity index (χ4n) is 0.966. The summed E-state index contributed by atoms with van der Waals surface area (Å²) < 4.78 is 1.90. The number of aromatic nitrogens is 2. The molecule has 0 fully saturated rings. The molecule has 0 aliphatic carbocycles. The first-order chi connectivity index (χ1) is 6.99. The number of rotatable bonds is 5. The zero-order valence-corrected chi connectivity index (χ0v) is 9.97. The topological polar surface area (TPSA) is 72.9 Å². The van der Waals surface area contributed by atoms with Crippen molar-refractivity contribution >= 4 is 17.7 Å². The highest BCUT2D eigenvalue weighted by atomic mass is 32.2. The van der Waals surface area contributed by atoms with Crippen molar-refractivity contribution in [1.82, 2.24) is 14.9 Å². The van der Waals surface area contributed by atoms with E-state index in [1.54, 1.807) is 20.2 Å². The summed E-state index contributed by atoms with van der Waals surface area (Å²) in [5.74, 6) is 0.204. The van der Waals surface area contributed by atoms with Crippen molar-refractivity contribution in [3.05, 3.63) is 12.4 Å². The molecule has 0 spiro atoms. The lowest BCUT2D eigenvalue weighted by atomic mass is 10.1. The van der Waals surface area contributed by atoms with Crippen LogP contribution in [0, 0.1) is 0 Å². The molecule has 1 unspecified atom stereocenters. The molecule has 0 saturated heterocycles. The van der Waals surface area contributed by atoms with Gasteiger partial charge in [0.25, 0.3) is 0 Å². The molecule has 1 aromatic rings. The van der Waals surface area contributed by atoms with Gasteiger partial charge in [-0.2, -0.15) is 0 Å². The standard InChI is InChI=1S/C9H16N4OS/c1-9(11-2,7(10)14)6-15-8-12-4-5-13(8)3/h4-5,11H,6H2,1-3H3,(H2,10,14). The molecule has 0 aliphatic rings. The maximum atomic E-state index is 11.2. The number of carbonyl (C=O) groups excluding carboxylic acids is 1. The van der Waals surface area contributed by atoms with Crippen LogP contribution in [0.4, 0.5) is 0 Å². The van der Waals surface area contributed by atoms with Gasteiger partial charge in [-0.1, -0.05) is 11.8 Å². The Morgan fingerprint density at radius 3 is 2.87 bits per heavy atom. The molecule has 84 valence electrons. The van der Waals surface area contributed by atoms with Crippen LogP contribution >= 0.6 is 11.8 Å². The van der Waals surface area contributed by atoms with Gasteiger partial charge in [-0.15, -0.1) is 0 Å². The van der Waals surface area contributed by atoms with Crippen molar-refractivity contribution in [2.75, 3.05) is 12.8 Å². The van der Waals surface area contributed by atoms with Gasteiger partial charge in [-0.3, -0.25) is 4.79 Å². The van der Waals surface area contributed by atoms with E-state index < -0.39 is 5.54 Å². The molecule has 0 radical (unpaired) electrons. The lowest BCUT2D eigenvalue weighted by molar-refractivity contribution is -0.122. The quantitative estimate of drug-likeness (QED) is 0.694. The van der Waals surface area contributed by atoms with E-state index in [1.165, 1.54) is 11.8 Å². The minimum absolute atomic E-state index is 0.355. The van der Waals surface area contributed by atoms with Crippen LogP contribution in [-0.2, 0) is 11.8 Å². The second-order valence-corrected chi connectivity index (χ2v) is 4.50. The smallest absolute Gasteiger partial charge is 0.238 e. The van der Waals surface area contributed by atoms with Crippen molar-refractivity contribution in [1.29, 1.82) is 0 Å². The van der Waals surface area contributed by atoms with Crippen LogP contribution in [0.1, 0.15) is 6.92 Å². The summed E-state index contributed by atoms with van der Waals surface area (Å²) in [6, 6.07) is 0. The Morgan fingerprint density at radius 2 is 2.47 bits per heavy atom. The summed E-state index contributed by atoms with van der Waals surface area (Å²) in [7, 11) is 3.64. The molecule has 1 aromatic heterocycles. The van der Waals surface area contributed by atoms with E-state index in [2.05, 4.69) is 10.3 Å².